The first-order chi connectivity index (χ1) is 10.6. The number of hydrogen-bond donors (Lipinski definition) is 1. The molecular formula is C13H7ClF4N2O3. The number of alkyl halides is 3. The fourth-order valence-corrected chi connectivity index (χ4v) is 2.02. The summed E-state index contributed by atoms with van der Waals surface area (Å²) in [4.78, 5) is 17.8. The summed E-state index contributed by atoms with van der Waals surface area (Å²) in [5, 5.41) is 7.99. The molecule has 0 aliphatic heterocycles. The van der Waals surface area contributed by atoms with Gasteiger partial charge in [-0.05, 0) is 19.1 Å². The molecule has 0 atom stereocenters. The number of ether oxygens (including phenoxy) is 1. The highest BCUT2D eigenvalue weighted by atomic mass is 35.5. The lowest BCUT2D eigenvalue weighted by atomic mass is 10.2. The molecule has 1 N–H and O–H groups in total. The van der Waals surface area contributed by atoms with E-state index in [1.807, 2.05) is 0 Å². The van der Waals surface area contributed by atoms with Crippen LogP contribution >= 0.6 is 11.6 Å². The maximum absolute atomic E-state index is 12.9. The maximum atomic E-state index is 12.9. The molecule has 0 saturated heterocycles. The van der Waals surface area contributed by atoms with E-state index in [0.717, 1.165) is 12.1 Å². The molecule has 122 valence electrons. The van der Waals surface area contributed by atoms with Crippen molar-refractivity contribution in [3.8, 4) is 11.5 Å². The van der Waals surface area contributed by atoms with Crippen LogP contribution in [0.15, 0.2) is 18.3 Å². The average Bonchev–Trinajstić information content (AvgIpc) is 2.40. The third-order valence-electron chi connectivity index (χ3n) is 2.69. The molecule has 0 aromatic carbocycles. The third-order valence-corrected chi connectivity index (χ3v) is 3.06. The van der Waals surface area contributed by atoms with Crippen molar-refractivity contribution in [2.75, 3.05) is 0 Å². The van der Waals surface area contributed by atoms with Gasteiger partial charge in [-0.3, -0.25) is 0 Å². The minimum atomic E-state index is -4.92. The molecule has 0 fully saturated rings. The number of carboxylic acid groups (broad SMARTS) is 1. The van der Waals surface area contributed by atoms with Crippen molar-refractivity contribution in [3.63, 3.8) is 0 Å². The van der Waals surface area contributed by atoms with Gasteiger partial charge in [0.15, 0.2) is 11.4 Å². The second-order valence-corrected chi connectivity index (χ2v) is 4.66. The Balaban J connectivity index is 2.55. The van der Waals surface area contributed by atoms with Gasteiger partial charge in [0, 0.05) is 0 Å². The molecule has 0 spiro atoms. The summed E-state index contributed by atoms with van der Waals surface area (Å²) in [6, 6.07) is 2.09. The van der Waals surface area contributed by atoms with E-state index in [0.29, 0.717) is 6.20 Å². The number of halogens is 5. The number of carboxylic acids is 1. The van der Waals surface area contributed by atoms with Crippen LogP contribution in [0.25, 0.3) is 0 Å². The van der Waals surface area contributed by atoms with E-state index in [9.17, 15) is 22.4 Å². The monoisotopic (exact) mass is 350 g/mol. The number of aryl methyl sites for hydroxylation is 1. The van der Waals surface area contributed by atoms with Crippen LogP contribution in [0.3, 0.4) is 0 Å². The van der Waals surface area contributed by atoms with Crippen molar-refractivity contribution >= 4 is 17.6 Å². The smallest absolute Gasteiger partial charge is 0.434 e. The standard InChI is InChI=1S/C13H7ClF4N2O3/c1-5-6(2-3-8(15)20-5)23-7-4-19-11(13(16,17)18)10(14)9(7)12(21)22/h2-4H,1H3,(H,21,22). The zero-order valence-electron chi connectivity index (χ0n) is 11.3. The molecule has 0 radical (unpaired) electrons. The number of rotatable bonds is 3. The number of hydrogen-bond acceptors (Lipinski definition) is 4. The van der Waals surface area contributed by atoms with Gasteiger partial charge in [0.1, 0.15) is 11.3 Å². The molecule has 2 rings (SSSR count). The SMILES string of the molecule is Cc1nc(F)ccc1Oc1cnc(C(F)(F)F)c(Cl)c1C(=O)O. The van der Waals surface area contributed by atoms with E-state index in [1.54, 1.807) is 0 Å². The van der Waals surface area contributed by atoms with Crippen LogP contribution in [0, 0.1) is 12.9 Å². The predicted molar refractivity (Wildman–Crippen MR) is 70.2 cm³/mol. The summed E-state index contributed by atoms with van der Waals surface area (Å²) in [5.74, 6) is -3.10. The fourth-order valence-electron chi connectivity index (χ4n) is 1.69. The summed E-state index contributed by atoms with van der Waals surface area (Å²) in [5.41, 5.74) is -2.38. The van der Waals surface area contributed by atoms with Crippen molar-refractivity contribution in [2.45, 2.75) is 13.1 Å². The van der Waals surface area contributed by atoms with Gasteiger partial charge in [0.25, 0.3) is 0 Å². The van der Waals surface area contributed by atoms with Gasteiger partial charge in [-0.1, -0.05) is 11.6 Å². The lowest BCUT2D eigenvalue weighted by molar-refractivity contribution is -0.141. The van der Waals surface area contributed by atoms with Crippen molar-refractivity contribution in [1.82, 2.24) is 9.97 Å². The predicted octanol–water partition coefficient (Wildman–Crippen LogP) is 4.09. The molecule has 5 nitrogen and oxygen atoms in total. The minimum absolute atomic E-state index is 0.0495. The van der Waals surface area contributed by atoms with E-state index < -0.39 is 40.1 Å². The first-order valence-corrected chi connectivity index (χ1v) is 6.29. The molecule has 2 heterocycles. The quantitative estimate of drug-likeness (QED) is 0.667. The van der Waals surface area contributed by atoms with Crippen molar-refractivity contribution in [1.29, 1.82) is 0 Å². The van der Waals surface area contributed by atoms with Crippen LogP contribution < -0.4 is 4.74 Å². The second kappa shape index (κ2) is 5.99. The number of aromatic carboxylic acids is 1. The molecule has 0 bridgehead atoms. The largest absolute Gasteiger partial charge is 0.477 e. The Morgan fingerprint density at radius 1 is 1.30 bits per heavy atom. The molecule has 0 unspecified atom stereocenters. The van der Waals surface area contributed by atoms with Gasteiger partial charge in [-0.2, -0.15) is 17.6 Å². The summed E-state index contributed by atoms with van der Waals surface area (Å²) in [6.07, 6.45) is -4.34. The Hall–Kier alpha value is -2.42. The lowest BCUT2D eigenvalue weighted by Gasteiger charge is -2.14. The topological polar surface area (TPSA) is 72.3 Å². The highest BCUT2D eigenvalue weighted by molar-refractivity contribution is 6.34. The molecule has 2 aromatic heterocycles. The van der Waals surface area contributed by atoms with Crippen LogP contribution in [-0.2, 0) is 6.18 Å². The first kappa shape index (κ1) is 16.9. The zero-order valence-corrected chi connectivity index (χ0v) is 12.0. The van der Waals surface area contributed by atoms with E-state index in [4.69, 9.17) is 21.4 Å². The minimum Gasteiger partial charge on any atom is -0.477 e. The van der Waals surface area contributed by atoms with Crippen LogP contribution in [0.1, 0.15) is 21.7 Å². The van der Waals surface area contributed by atoms with Gasteiger partial charge in [0.2, 0.25) is 5.95 Å². The number of nitrogens with zero attached hydrogens (tertiary/aromatic N) is 2. The van der Waals surface area contributed by atoms with Crippen molar-refractivity contribution < 1.29 is 32.2 Å². The van der Waals surface area contributed by atoms with Gasteiger partial charge in [0.05, 0.1) is 16.9 Å². The second-order valence-electron chi connectivity index (χ2n) is 4.28. The highest BCUT2D eigenvalue weighted by Gasteiger charge is 2.38. The molecule has 0 amide bonds. The Labute approximate surface area is 131 Å². The van der Waals surface area contributed by atoms with Crippen molar-refractivity contribution in [2.24, 2.45) is 0 Å². The van der Waals surface area contributed by atoms with E-state index in [1.165, 1.54) is 6.92 Å². The first-order valence-electron chi connectivity index (χ1n) is 5.91. The molecular weight excluding hydrogens is 344 g/mol. The average molecular weight is 351 g/mol. The summed E-state index contributed by atoms with van der Waals surface area (Å²) >= 11 is 5.51. The Bertz CT molecular complexity index is 781. The number of carbonyl (C=O) groups is 1. The van der Waals surface area contributed by atoms with Crippen LogP contribution in [0.2, 0.25) is 5.02 Å². The molecule has 23 heavy (non-hydrogen) atoms. The number of aromatic nitrogens is 2. The van der Waals surface area contributed by atoms with Gasteiger partial charge < -0.3 is 9.84 Å². The van der Waals surface area contributed by atoms with Gasteiger partial charge in [-0.15, -0.1) is 0 Å². The van der Waals surface area contributed by atoms with Crippen LogP contribution in [0.4, 0.5) is 17.6 Å². The highest BCUT2D eigenvalue weighted by Crippen LogP contribution is 2.39. The van der Waals surface area contributed by atoms with E-state index in [-0.39, 0.29) is 11.4 Å². The normalized spacial score (nSPS) is 11.4. The van der Waals surface area contributed by atoms with Gasteiger partial charge >= 0.3 is 12.1 Å². The Kier molecular flexibility index (Phi) is 4.42. The Morgan fingerprint density at radius 2 is 1.96 bits per heavy atom. The molecule has 0 aliphatic carbocycles. The maximum Gasteiger partial charge on any atom is 0.434 e. The van der Waals surface area contributed by atoms with E-state index >= 15 is 0 Å². The number of pyridine rings is 2. The summed E-state index contributed by atoms with van der Waals surface area (Å²) < 4.78 is 56.3. The molecule has 2 aromatic rings. The van der Waals surface area contributed by atoms with Gasteiger partial charge in [-0.25, -0.2) is 14.8 Å². The van der Waals surface area contributed by atoms with Crippen LogP contribution in [-0.4, -0.2) is 21.0 Å². The zero-order chi connectivity index (χ0) is 17.4. The van der Waals surface area contributed by atoms with Crippen LogP contribution in [0.5, 0.6) is 11.5 Å². The molecule has 10 heteroatoms. The molecule has 0 saturated carbocycles. The molecule has 0 aliphatic rings. The van der Waals surface area contributed by atoms with E-state index in [2.05, 4.69) is 9.97 Å². The summed E-state index contributed by atoms with van der Waals surface area (Å²) in [7, 11) is 0. The fraction of sp³-hybridized carbons (Fsp3) is 0.154. The van der Waals surface area contributed by atoms with Crippen molar-refractivity contribution in [3.05, 3.63) is 46.3 Å². The third kappa shape index (κ3) is 3.50. The summed E-state index contributed by atoms with van der Waals surface area (Å²) in [6.45, 7) is 1.37. The Morgan fingerprint density at radius 3 is 2.48 bits per heavy atom. The lowest BCUT2D eigenvalue weighted by Crippen LogP contribution is -2.13.